The number of allylic oxidation sites excluding steroid dienone is 1. The summed E-state index contributed by atoms with van der Waals surface area (Å²) in [6.07, 6.45) is 5.95. The average Bonchev–Trinajstić information content (AvgIpc) is 1.91. The predicted molar refractivity (Wildman–Crippen MR) is 40.4 cm³/mol. The first-order chi connectivity index (χ1) is 4.43. The van der Waals surface area contributed by atoms with Gasteiger partial charge in [-0.1, -0.05) is 6.08 Å². The van der Waals surface area contributed by atoms with Gasteiger partial charge in [-0.25, -0.2) is 0 Å². The van der Waals surface area contributed by atoms with Crippen molar-refractivity contribution in [3.63, 3.8) is 0 Å². The van der Waals surface area contributed by atoms with E-state index in [-0.39, 0.29) is 0 Å². The van der Waals surface area contributed by atoms with Crippen molar-refractivity contribution in [3.8, 4) is 0 Å². The monoisotopic (exact) mass is 127 g/mol. The lowest BCUT2D eigenvalue weighted by molar-refractivity contribution is 0.381. The molecule has 1 saturated heterocycles. The van der Waals surface area contributed by atoms with Crippen LogP contribution < -0.4 is 5.32 Å². The molecule has 1 nitrogen and oxygen atoms in total. The molecule has 0 amide bonds. The van der Waals surface area contributed by atoms with Crippen molar-refractivity contribution in [2.24, 2.45) is 5.92 Å². The highest BCUT2D eigenvalue weighted by Gasteiger charge is 2.09. The van der Waals surface area contributed by atoms with E-state index in [0.29, 0.717) is 0 Å². The van der Waals surface area contributed by atoms with Crippen LogP contribution in [0.5, 0.6) is 0 Å². The van der Waals surface area contributed by atoms with Crippen molar-refractivity contribution in [2.75, 3.05) is 13.1 Å². The lowest BCUT2D eigenvalue weighted by atomic mass is 10.1. The van der Waals surface area contributed by atoms with Gasteiger partial charge >= 0.3 is 0 Å². The van der Waals surface area contributed by atoms with Crippen molar-refractivity contribution in [2.45, 2.75) is 19.3 Å². The Morgan fingerprint density at radius 3 is 3.22 bits per heavy atom. The van der Waals surface area contributed by atoms with Crippen LogP contribution in [0, 0.1) is 5.92 Å². The molecule has 0 aromatic heterocycles. The van der Waals surface area contributed by atoms with Crippen LogP contribution in [-0.4, -0.2) is 13.1 Å². The summed E-state index contributed by atoms with van der Waals surface area (Å²) in [6, 6.07) is 0. The Hall–Kier alpha value is -0.300. The Morgan fingerprint density at radius 2 is 2.67 bits per heavy atom. The fourth-order valence-corrected chi connectivity index (χ4v) is 1.36. The zero-order valence-corrected chi connectivity index (χ0v) is 5.90. The van der Waals surface area contributed by atoms with E-state index < -0.39 is 0 Å². The van der Waals surface area contributed by atoms with Crippen LogP contribution in [0.2, 0.25) is 0 Å². The van der Waals surface area contributed by atoms with Gasteiger partial charge in [-0.15, -0.1) is 6.58 Å². The predicted octanol–water partition coefficient (Wildman–Crippen LogP) is 1.56. The molecule has 1 aliphatic heterocycles. The molecule has 1 heterocycles. The molecule has 0 aromatic carbocycles. The first-order valence-corrected chi connectivity index (χ1v) is 3.75. The molecule has 1 fully saturated rings. The van der Waals surface area contributed by atoms with Crippen LogP contribution in [0.4, 0.5) is 0 Å². The smallest absolute Gasteiger partial charge is 0.00175 e. The van der Waals surface area contributed by atoms with E-state index in [1.807, 2.05) is 6.08 Å². The van der Waals surface area contributed by atoms with E-state index in [9.17, 15) is 0 Å². The number of nitrogens with one attached hydrogen (secondary N) is 1. The Bertz CT molecular complexity index is 82.6. The van der Waals surface area contributed by atoms with Crippen LogP contribution >= 0.6 is 0 Å². The molecular formula is C8H15N. The fraction of sp³-hybridized carbons (Fsp3) is 0.750. The van der Waals surface area contributed by atoms with Crippen molar-refractivity contribution in [1.29, 1.82) is 0 Å². The molecule has 0 saturated carbocycles. The standard InChI is InChI=1S/C8H15N/c1-2-4-8-5-3-6-9-7-8/h2,8-9H,1,3-7H2/i7+2. The molecule has 1 rings (SSSR count). The molecule has 52 valence electrons. The SMILES string of the molecule is C=CCC1CCCN[14CH2]1. The third-order valence-electron chi connectivity index (χ3n) is 1.90. The molecule has 0 aromatic rings. The van der Waals surface area contributed by atoms with Crippen molar-refractivity contribution < 1.29 is 0 Å². The summed E-state index contributed by atoms with van der Waals surface area (Å²) in [5.74, 6) is 0.872. The van der Waals surface area contributed by atoms with Gasteiger partial charge in [-0.2, -0.15) is 0 Å². The number of rotatable bonds is 2. The highest BCUT2D eigenvalue weighted by atomic mass is 15.4. The molecule has 1 atom stereocenters. The quantitative estimate of drug-likeness (QED) is 0.555. The highest BCUT2D eigenvalue weighted by molar-refractivity contribution is 4.77. The second-order valence-corrected chi connectivity index (χ2v) is 2.74. The van der Waals surface area contributed by atoms with Crippen LogP contribution in [0.1, 0.15) is 19.3 Å². The Labute approximate surface area is 57.1 Å². The molecule has 0 spiro atoms. The number of hydrogen-bond acceptors (Lipinski definition) is 1. The van der Waals surface area contributed by atoms with E-state index in [4.69, 9.17) is 0 Å². The van der Waals surface area contributed by atoms with Gasteiger partial charge in [-0.3, -0.25) is 0 Å². The molecule has 0 radical (unpaired) electrons. The summed E-state index contributed by atoms with van der Waals surface area (Å²) >= 11 is 0. The normalized spacial score (nSPS) is 27.8. The maximum Gasteiger partial charge on any atom is -0.00175 e. The topological polar surface area (TPSA) is 12.0 Å². The van der Waals surface area contributed by atoms with E-state index >= 15 is 0 Å². The second kappa shape index (κ2) is 3.67. The molecule has 1 unspecified atom stereocenters. The molecule has 0 aliphatic carbocycles. The maximum absolute atomic E-state index is 3.73. The summed E-state index contributed by atoms with van der Waals surface area (Å²) in [7, 11) is 0. The summed E-state index contributed by atoms with van der Waals surface area (Å²) in [6.45, 7) is 6.14. The van der Waals surface area contributed by atoms with Crippen molar-refractivity contribution >= 4 is 0 Å². The Balaban J connectivity index is 2.15. The van der Waals surface area contributed by atoms with Gasteiger partial charge in [0, 0.05) is 0 Å². The molecular weight excluding hydrogens is 112 g/mol. The zero-order chi connectivity index (χ0) is 6.53. The molecule has 0 bridgehead atoms. The minimum atomic E-state index is 0.872. The van der Waals surface area contributed by atoms with Crippen LogP contribution in [0.15, 0.2) is 12.7 Å². The van der Waals surface area contributed by atoms with Crippen molar-refractivity contribution in [1.82, 2.24) is 5.32 Å². The van der Waals surface area contributed by atoms with Gasteiger partial charge in [-0.05, 0) is 38.3 Å². The van der Waals surface area contributed by atoms with Gasteiger partial charge in [0.05, 0.1) is 0 Å². The third kappa shape index (κ3) is 2.19. The lowest BCUT2D eigenvalue weighted by Gasteiger charge is -2.20. The minimum Gasteiger partial charge on any atom is -0.316 e. The molecule has 9 heavy (non-hydrogen) atoms. The summed E-state index contributed by atoms with van der Waals surface area (Å²) in [5, 5.41) is 3.37. The number of hydrogen-bond donors (Lipinski definition) is 1. The fourth-order valence-electron chi connectivity index (χ4n) is 1.36. The van der Waals surface area contributed by atoms with Crippen LogP contribution in [0.3, 0.4) is 0 Å². The van der Waals surface area contributed by atoms with Gasteiger partial charge in [0.25, 0.3) is 0 Å². The maximum atomic E-state index is 3.73. The van der Waals surface area contributed by atoms with Gasteiger partial charge in [0.2, 0.25) is 0 Å². The van der Waals surface area contributed by atoms with E-state index in [1.54, 1.807) is 0 Å². The van der Waals surface area contributed by atoms with Gasteiger partial charge in [0.15, 0.2) is 0 Å². The Kier molecular flexibility index (Phi) is 2.78. The second-order valence-electron chi connectivity index (χ2n) is 2.74. The van der Waals surface area contributed by atoms with E-state index in [2.05, 4.69) is 11.9 Å². The summed E-state index contributed by atoms with van der Waals surface area (Å²) in [5.41, 5.74) is 0. The van der Waals surface area contributed by atoms with Crippen molar-refractivity contribution in [3.05, 3.63) is 12.7 Å². The van der Waals surface area contributed by atoms with Gasteiger partial charge in [0.1, 0.15) is 0 Å². The molecule has 1 N–H and O–H groups in total. The molecule has 1 aliphatic rings. The van der Waals surface area contributed by atoms with Crippen LogP contribution in [0.25, 0.3) is 0 Å². The summed E-state index contributed by atoms with van der Waals surface area (Å²) in [4.78, 5) is 0. The zero-order valence-electron chi connectivity index (χ0n) is 5.90. The number of piperidine rings is 1. The minimum absolute atomic E-state index is 0.872. The first kappa shape index (κ1) is 6.81. The van der Waals surface area contributed by atoms with E-state index in [0.717, 1.165) is 5.92 Å². The average molecular weight is 127 g/mol. The van der Waals surface area contributed by atoms with Gasteiger partial charge < -0.3 is 5.32 Å². The largest absolute Gasteiger partial charge is 0.316 e. The summed E-state index contributed by atoms with van der Waals surface area (Å²) < 4.78 is 0. The highest BCUT2D eigenvalue weighted by Crippen LogP contribution is 2.13. The third-order valence-corrected chi connectivity index (χ3v) is 1.90. The Morgan fingerprint density at radius 1 is 1.78 bits per heavy atom. The van der Waals surface area contributed by atoms with Crippen LogP contribution in [-0.2, 0) is 0 Å². The first-order valence-electron chi connectivity index (χ1n) is 3.75. The lowest BCUT2D eigenvalue weighted by Crippen LogP contribution is -2.29. The van der Waals surface area contributed by atoms with E-state index in [1.165, 1.54) is 32.4 Å². The molecule has 1 heteroatoms.